The Hall–Kier alpha value is -0.570. The largest absolute Gasteiger partial charge is 0.368 e. The minimum atomic E-state index is -0.187. The summed E-state index contributed by atoms with van der Waals surface area (Å²) < 4.78 is 0. The lowest BCUT2D eigenvalue weighted by Crippen LogP contribution is -2.50. The lowest BCUT2D eigenvalue weighted by molar-refractivity contribution is -0.124. The number of primary amides is 1. The molecule has 0 saturated carbocycles. The van der Waals surface area contributed by atoms with Gasteiger partial charge in [-0.1, -0.05) is 19.8 Å². The summed E-state index contributed by atoms with van der Waals surface area (Å²) >= 11 is 0. The van der Waals surface area contributed by atoms with E-state index in [2.05, 4.69) is 11.8 Å². The molecule has 0 spiro atoms. The number of carbonyl (C=O) groups is 1. The first-order valence-electron chi connectivity index (χ1n) is 5.72. The van der Waals surface area contributed by atoms with Crippen LogP contribution >= 0.6 is 0 Å². The van der Waals surface area contributed by atoms with Gasteiger partial charge in [0.25, 0.3) is 0 Å². The van der Waals surface area contributed by atoms with Gasteiger partial charge in [-0.15, -0.1) is 0 Å². The summed E-state index contributed by atoms with van der Waals surface area (Å²) in [6, 6.07) is 0.489. The summed E-state index contributed by atoms with van der Waals surface area (Å²) in [5, 5.41) is 0. The first-order chi connectivity index (χ1) is 6.66. The molecule has 0 aromatic rings. The van der Waals surface area contributed by atoms with Crippen LogP contribution in [0.3, 0.4) is 0 Å². The second kappa shape index (κ2) is 5.35. The molecule has 2 atom stereocenters. The van der Waals surface area contributed by atoms with E-state index in [9.17, 15) is 4.79 Å². The van der Waals surface area contributed by atoms with Crippen molar-refractivity contribution in [1.29, 1.82) is 0 Å². The highest BCUT2D eigenvalue weighted by Gasteiger charge is 2.28. The van der Waals surface area contributed by atoms with E-state index < -0.39 is 0 Å². The number of rotatable bonds is 4. The van der Waals surface area contributed by atoms with Crippen molar-refractivity contribution in [3.63, 3.8) is 0 Å². The van der Waals surface area contributed by atoms with Gasteiger partial charge in [0.05, 0.1) is 6.04 Å². The van der Waals surface area contributed by atoms with Gasteiger partial charge in [-0.2, -0.15) is 0 Å². The molecule has 1 heterocycles. The minimum Gasteiger partial charge on any atom is -0.368 e. The molecular weight excluding hydrogens is 176 g/mol. The highest BCUT2D eigenvalue weighted by atomic mass is 16.1. The first kappa shape index (κ1) is 11.5. The number of piperidine rings is 1. The Bertz CT molecular complexity index is 192. The third kappa shape index (κ3) is 2.71. The number of hydrogen-bond donors (Lipinski definition) is 1. The normalized spacial score (nSPS) is 26.0. The summed E-state index contributed by atoms with van der Waals surface area (Å²) in [4.78, 5) is 13.4. The Labute approximate surface area is 86.6 Å². The van der Waals surface area contributed by atoms with Gasteiger partial charge in [-0.05, 0) is 32.7 Å². The maximum absolute atomic E-state index is 11.1. The zero-order valence-electron chi connectivity index (χ0n) is 9.33. The van der Waals surface area contributed by atoms with Crippen molar-refractivity contribution in [1.82, 2.24) is 4.90 Å². The van der Waals surface area contributed by atoms with Gasteiger partial charge in [0.1, 0.15) is 0 Å². The first-order valence-corrected chi connectivity index (χ1v) is 5.72. The van der Waals surface area contributed by atoms with Crippen LogP contribution in [-0.2, 0) is 4.79 Å². The fourth-order valence-corrected chi connectivity index (χ4v) is 2.34. The molecule has 1 rings (SSSR count). The molecule has 1 amide bonds. The van der Waals surface area contributed by atoms with Crippen LogP contribution in [0.5, 0.6) is 0 Å². The molecular formula is C11H22N2O. The Morgan fingerprint density at radius 3 is 2.86 bits per heavy atom. The topological polar surface area (TPSA) is 46.3 Å². The molecule has 2 N–H and O–H groups in total. The molecule has 0 bridgehead atoms. The Morgan fingerprint density at radius 1 is 1.57 bits per heavy atom. The molecule has 82 valence electrons. The maximum Gasteiger partial charge on any atom is 0.234 e. The van der Waals surface area contributed by atoms with Gasteiger partial charge >= 0.3 is 0 Å². The van der Waals surface area contributed by atoms with Crippen molar-refractivity contribution in [3.8, 4) is 0 Å². The SMILES string of the molecule is CCCC1CCCCN1C(C)C(N)=O. The van der Waals surface area contributed by atoms with Gasteiger partial charge in [-0.3, -0.25) is 9.69 Å². The van der Waals surface area contributed by atoms with Crippen molar-refractivity contribution < 1.29 is 4.79 Å². The zero-order valence-corrected chi connectivity index (χ0v) is 9.33. The molecule has 14 heavy (non-hydrogen) atoms. The minimum absolute atomic E-state index is 0.0909. The van der Waals surface area contributed by atoms with E-state index >= 15 is 0 Å². The van der Waals surface area contributed by atoms with E-state index in [1.807, 2.05) is 6.92 Å². The van der Waals surface area contributed by atoms with Crippen molar-refractivity contribution >= 4 is 5.91 Å². The predicted octanol–water partition coefficient (Wildman–Crippen LogP) is 1.51. The van der Waals surface area contributed by atoms with Crippen LogP contribution in [0.2, 0.25) is 0 Å². The summed E-state index contributed by atoms with van der Waals surface area (Å²) in [6.45, 7) is 5.16. The molecule has 3 nitrogen and oxygen atoms in total. The van der Waals surface area contributed by atoms with Gasteiger partial charge in [0.2, 0.25) is 5.91 Å². The number of amides is 1. The van der Waals surface area contributed by atoms with Crippen molar-refractivity contribution in [3.05, 3.63) is 0 Å². The van der Waals surface area contributed by atoms with E-state index in [0.717, 1.165) is 6.54 Å². The molecule has 0 radical (unpaired) electrons. The maximum atomic E-state index is 11.1. The third-order valence-corrected chi connectivity index (χ3v) is 3.20. The zero-order chi connectivity index (χ0) is 10.6. The summed E-state index contributed by atoms with van der Waals surface area (Å²) in [6.07, 6.45) is 6.11. The highest BCUT2D eigenvalue weighted by molar-refractivity contribution is 5.79. The molecule has 0 aromatic heterocycles. The van der Waals surface area contributed by atoms with Crippen LogP contribution in [0, 0.1) is 0 Å². The smallest absolute Gasteiger partial charge is 0.234 e. The van der Waals surface area contributed by atoms with E-state index in [4.69, 9.17) is 5.73 Å². The average Bonchev–Trinajstić information content (AvgIpc) is 2.18. The quantitative estimate of drug-likeness (QED) is 0.744. The van der Waals surface area contributed by atoms with Crippen molar-refractivity contribution in [2.75, 3.05) is 6.54 Å². The fraction of sp³-hybridized carbons (Fsp3) is 0.909. The molecule has 2 unspecified atom stereocenters. The molecule has 3 heteroatoms. The summed E-state index contributed by atoms with van der Waals surface area (Å²) in [5.74, 6) is -0.187. The van der Waals surface area contributed by atoms with Crippen LogP contribution in [0.15, 0.2) is 0 Å². The second-order valence-electron chi connectivity index (χ2n) is 4.25. The lowest BCUT2D eigenvalue weighted by Gasteiger charge is -2.38. The number of likely N-dealkylation sites (tertiary alicyclic amines) is 1. The van der Waals surface area contributed by atoms with E-state index in [1.54, 1.807) is 0 Å². The Morgan fingerprint density at radius 2 is 2.29 bits per heavy atom. The molecule has 1 aliphatic heterocycles. The van der Waals surface area contributed by atoms with Gasteiger partial charge < -0.3 is 5.73 Å². The standard InChI is InChI=1S/C11H22N2O/c1-3-6-10-7-4-5-8-13(10)9(2)11(12)14/h9-10H,3-8H2,1-2H3,(H2,12,14). The van der Waals surface area contributed by atoms with Crippen LogP contribution in [-0.4, -0.2) is 29.4 Å². The van der Waals surface area contributed by atoms with E-state index in [0.29, 0.717) is 6.04 Å². The van der Waals surface area contributed by atoms with Crippen LogP contribution in [0.1, 0.15) is 46.0 Å². The summed E-state index contributed by atoms with van der Waals surface area (Å²) in [7, 11) is 0. The molecule has 1 saturated heterocycles. The van der Waals surface area contributed by atoms with Crippen molar-refractivity contribution in [2.24, 2.45) is 5.73 Å². The molecule has 0 aromatic carbocycles. The number of carbonyl (C=O) groups excluding carboxylic acids is 1. The monoisotopic (exact) mass is 198 g/mol. The molecule has 1 fully saturated rings. The van der Waals surface area contributed by atoms with E-state index in [1.165, 1.54) is 32.1 Å². The Kier molecular flexibility index (Phi) is 4.39. The van der Waals surface area contributed by atoms with Crippen LogP contribution in [0.4, 0.5) is 0 Å². The number of hydrogen-bond acceptors (Lipinski definition) is 2. The number of nitrogens with zero attached hydrogens (tertiary/aromatic N) is 1. The average molecular weight is 198 g/mol. The van der Waals surface area contributed by atoms with Gasteiger partial charge in [-0.25, -0.2) is 0 Å². The fourth-order valence-electron chi connectivity index (χ4n) is 2.34. The molecule has 0 aliphatic carbocycles. The van der Waals surface area contributed by atoms with Gasteiger partial charge in [0, 0.05) is 6.04 Å². The lowest BCUT2D eigenvalue weighted by atomic mass is 9.96. The van der Waals surface area contributed by atoms with Crippen LogP contribution in [0.25, 0.3) is 0 Å². The summed E-state index contributed by atoms with van der Waals surface area (Å²) in [5.41, 5.74) is 5.34. The van der Waals surface area contributed by atoms with Crippen LogP contribution < -0.4 is 5.73 Å². The van der Waals surface area contributed by atoms with Gasteiger partial charge in [0.15, 0.2) is 0 Å². The van der Waals surface area contributed by atoms with E-state index in [-0.39, 0.29) is 11.9 Å². The molecule has 1 aliphatic rings. The second-order valence-corrected chi connectivity index (χ2v) is 4.25. The Balaban J connectivity index is 2.57. The number of nitrogens with two attached hydrogens (primary N) is 1. The third-order valence-electron chi connectivity index (χ3n) is 3.20. The predicted molar refractivity (Wildman–Crippen MR) is 57.9 cm³/mol. The highest BCUT2D eigenvalue weighted by Crippen LogP contribution is 2.22. The van der Waals surface area contributed by atoms with Crippen molar-refractivity contribution in [2.45, 2.75) is 58.0 Å².